The van der Waals surface area contributed by atoms with Crippen molar-refractivity contribution in [3.05, 3.63) is 16.7 Å². The lowest BCUT2D eigenvalue weighted by molar-refractivity contribution is -0.178. The quantitative estimate of drug-likeness (QED) is 0.605. The molecule has 2 aromatic heterocycles. The van der Waals surface area contributed by atoms with Gasteiger partial charge in [-0.2, -0.15) is 4.98 Å². The monoisotopic (exact) mass is 461 g/mol. The summed E-state index contributed by atoms with van der Waals surface area (Å²) in [6, 6.07) is 0. The second-order valence-corrected chi connectivity index (χ2v) is 8.72. The lowest BCUT2D eigenvalue weighted by Crippen LogP contribution is -2.43. The average Bonchev–Trinajstić information content (AvgIpc) is 3.27. The van der Waals surface area contributed by atoms with Crippen molar-refractivity contribution in [1.29, 1.82) is 0 Å². The van der Waals surface area contributed by atoms with Crippen LogP contribution in [0.4, 0.5) is 5.95 Å². The van der Waals surface area contributed by atoms with Crippen molar-refractivity contribution in [2.75, 3.05) is 4.90 Å². The molecule has 3 heterocycles. The second kappa shape index (κ2) is 8.75. The van der Waals surface area contributed by atoms with Crippen LogP contribution >= 0.6 is 0 Å². The van der Waals surface area contributed by atoms with E-state index in [-0.39, 0.29) is 23.0 Å². The normalized spacial score (nSPS) is 17.7. The van der Waals surface area contributed by atoms with E-state index in [1.54, 1.807) is 41.5 Å². The van der Waals surface area contributed by atoms with Crippen LogP contribution < -0.4 is 10.5 Å². The lowest BCUT2D eigenvalue weighted by atomic mass is 10.2. The van der Waals surface area contributed by atoms with E-state index in [9.17, 15) is 24.0 Å². The molecule has 3 rings (SSSR count). The van der Waals surface area contributed by atoms with Crippen LogP contribution in [-0.2, 0) is 23.9 Å². The molecule has 1 amide bonds. The first-order chi connectivity index (χ1) is 15.4. The van der Waals surface area contributed by atoms with Gasteiger partial charge in [-0.3, -0.25) is 28.5 Å². The van der Waals surface area contributed by atoms with Crippen molar-refractivity contribution in [2.24, 2.45) is 17.8 Å². The molecule has 0 saturated heterocycles. The van der Waals surface area contributed by atoms with Crippen molar-refractivity contribution < 1.29 is 28.7 Å². The molecule has 0 fully saturated rings. The predicted molar refractivity (Wildman–Crippen MR) is 115 cm³/mol. The molecule has 0 saturated carbocycles. The number of anilines is 1. The van der Waals surface area contributed by atoms with Crippen LogP contribution in [0.5, 0.6) is 0 Å². The molecule has 2 aromatic rings. The van der Waals surface area contributed by atoms with Crippen molar-refractivity contribution in [1.82, 2.24) is 19.1 Å². The molecule has 0 aliphatic carbocycles. The highest BCUT2D eigenvalue weighted by Gasteiger charge is 2.49. The molecule has 0 N–H and O–H groups in total. The molecule has 0 radical (unpaired) electrons. The average molecular weight is 461 g/mol. The molecular formula is C21H27N5O7. The Bertz CT molecular complexity index is 1190. The van der Waals surface area contributed by atoms with Gasteiger partial charge >= 0.3 is 11.9 Å². The Morgan fingerprint density at radius 3 is 1.94 bits per heavy atom. The van der Waals surface area contributed by atoms with Gasteiger partial charge in [-0.25, -0.2) is 14.5 Å². The first-order valence-electron chi connectivity index (χ1n) is 10.6. The molecule has 0 aromatic carbocycles. The van der Waals surface area contributed by atoms with Gasteiger partial charge in [0.15, 0.2) is 11.2 Å². The van der Waals surface area contributed by atoms with Crippen molar-refractivity contribution in [2.45, 2.75) is 60.9 Å². The minimum Gasteiger partial charge on any atom is -0.434 e. The van der Waals surface area contributed by atoms with Crippen LogP contribution in [0.15, 0.2) is 11.1 Å². The molecule has 33 heavy (non-hydrogen) atoms. The van der Waals surface area contributed by atoms with Crippen LogP contribution in [0, 0.1) is 17.8 Å². The fourth-order valence-corrected chi connectivity index (χ4v) is 3.21. The third kappa shape index (κ3) is 4.12. The number of carbonyl (C=O) groups excluding carboxylic acids is 4. The molecular weight excluding hydrogens is 434 g/mol. The molecule has 0 spiro atoms. The maximum atomic E-state index is 13.4. The summed E-state index contributed by atoms with van der Waals surface area (Å²) in [6.45, 7) is 10.9. The van der Waals surface area contributed by atoms with E-state index >= 15 is 0 Å². The van der Waals surface area contributed by atoms with Gasteiger partial charge < -0.3 is 9.47 Å². The summed E-state index contributed by atoms with van der Waals surface area (Å²) in [4.78, 5) is 72.7. The standard InChI is InChI=1S/C21H27N5O7/c1-9(2)15(28)24-8-22-13-14(24)23-21-25(12(7)27)17(32-19(30)10(3)4)18(26(21)16(13)29)33-20(31)11(5)6/h8-11,17-18H,1-7H3. The zero-order valence-electron chi connectivity index (χ0n) is 19.6. The van der Waals surface area contributed by atoms with Gasteiger partial charge in [-0.05, 0) is 0 Å². The van der Waals surface area contributed by atoms with Crippen LogP contribution in [0.1, 0.15) is 59.5 Å². The lowest BCUT2D eigenvalue weighted by Gasteiger charge is -2.26. The van der Waals surface area contributed by atoms with Crippen molar-refractivity contribution in [3.8, 4) is 0 Å². The Morgan fingerprint density at radius 1 is 0.909 bits per heavy atom. The number of esters is 2. The summed E-state index contributed by atoms with van der Waals surface area (Å²) in [7, 11) is 0. The number of ether oxygens (including phenoxy) is 2. The van der Waals surface area contributed by atoms with Crippen molar-refractivity contribution >= 4 is 40.9 Å². The zero-order chi connectivity index (χ0) is 24.8. The fourth-order valence-electron chi connectivity index (χ4n) is 3.21. The number of hydrogen-bond donors (Lipinski definition) is 0. The second-order valence-electron chi connectivity index (χ2n) is 8.72. The third-order valence-electron chi connectivity index (χ3n) is 5.04. The molecule has 1 aliphatic heterocycles. The number of rotatable bonds is 5. The van der Waals surface area contributed by atoms with Crippen LogP contribution in [0.25, 0.3) is 11.2 Å². The predicted octanol–water partition coefficient (Wildman–Crippen LogP) is 1.48. The minimum atomic E-state index is -1.48. The Morgan fingerprint density at radius 2 is 1.45 bits per heavy atom. The Balaban J connectivity index is 2.27. The maximum Gasteiger partial charge on any atom is 0.310 e. The molecule has 2 unspecified atom stereocenters. The van der Waals surface area contributed by atoms with E-state index < -0.39 is 53.6 Å². The van der Waals surface area contributed by atoms with Crippen LogP contribution in [-0.4, -0.2) is 49.1 Å². The van der Waals surface area contributed by atoms with E-state index in [0.29, 0.717) is 0 Å². The summed E-state index contributed by atoms with van der Waals surface area (Å²) in [5.74, 6) is -4.05. The summed E-state index contributed by atoms with van der Waals surface area (Å²) in [5.41, 5.74) is -0.958. The van der Waals surface area contributed by atoms with E-state index in [1.807, 2.05) is 0 Å². The molecule has 12 heteroatoms. The summed E-state index contributed by atoms with van der Waals surface area (Å²) in [5, 5.41) is 0. The molecule has 0 bridgehead atoms. The summed E-state index contributed by atoms with van der Waals surface area (Å²) < 4.78 is 13.1. The molecule has 12 nitrogen and oxygen atoms in total. The summed E-state index contributed by atoms with van der Waals surface area (Å²) >= 11 is 0. The van der Waals surface area contributed by atoms with E-state index in [1.165, 1.54) is 13.3 Å². The van der Waals surface area contributed by atoms with Gasteiger partial charge in [0, 0.05) is 12.8 Å². The van der Waals surface area contributed by atoms with Gasteiger partial charge in [-0.15, -0.1) is 0 Å². The Kier molecular flexibility index (Phi) is 6.39. The minimum absolute atomic E-state index is 0.0547. The van der Waals surface area contributed by atoms with Crippen LogP contribution in [0.2, 0.25) is 0 Å². The highest BCUT2D eigenvalue weighted by atomic mass is 16.6. The largest absolute Gasteiger partial charge is 0.434 e. The van der Waals surface area contributed by atoms with Crippen LogP contribution in [0.3, 0.4) is 0 Å². The first kappa shape index (κ1) is 24.1. The van der Waals surface area contributed by atoms with Gasteiger partial charge in [0.25, 0.3) is 5.56 Å². The number of hydrogen-bond acceptors (Lipinski definition) is 9. The highest BCUT2D eigenvalue weighted by molar-refractivity contribution is 5.94. The van der Waals surface area contributed by atoms with Crippen molar-refractivity contribution in [3.63, 3.8) is 0 Å². The number of imidazole rings is 1. The molecule has 1 aliphatic rings. The molecule has 178 valence electrons. The van der Waals surface area contributed by atoms with E-state index in [0.717, 1.165) is 14.0 Å². The van der Waals surface area contributed by atoms with Gasteiger partial charge in [0.1, 0.15) is 6.33 Å². The van der Waals surface area contributed by atoms with Gasteiger partial charge in [0.2, 0.25) is 30.2 Å². The maximum absolute atomic E-state index is 13.4. The number of amides is 1. The zero-order valence-corrected chi connectivity index (χ0v) is 19.6. The Hall–Kier alpha value is -3.57. The number of fused-ring (bicyclic) bond motifs is 2. The van der Waals surface area contributed by atoms with E-state index in [4.69, 9.17) is 9.47 Å². The van der Waals surface area contributed by atoms with Gasteiger partial charge in [-0.1, -0.05) is 41.5 Å². The molecule has 2 atom stereocenters. The fraction of sp³-hybridized carbons (Fsp3) is 0.571. The smallest absolute Gasteiger partial charge is 0.310 e. The first-order valence-corrected chi connectivity index (χ1v) is 10.6. The summed E-state index contributed by atoms with van der Waals surface area (Å²) in [6.07, 6.45) is -1.75. The SMILES string of the molecule is CC(=O)N1c2nc3c(ncn3C(=O)C(C)C)c(=O)n2C(OC(=O)C(C)C)C1OC(=O)C(C)C. The number of carbonyl (C=O) groups is 4. The Labute approximate surface area is 189 Å². The third-order valence-corrected chi connectivity index (χ3v) is 5.04. The number of aromatic nitrogens is 4. The number of nitrogens with zero attached hydrogens (tertiary/aromatic N) is 5. The van der Waals surface area contributed by atoms with E-state index in [2.05, 4.69) is 9.97 Å². The van der Waals surface area contributed by atoms with Gasteiger partial charge in [0.05, 0.1) is 11.8 Å². The topological polar surface area (TPSA) is 143 Å². The highest BCUT2D eigenvalue weighted by Crippen LogP contribution is 2.35.